The molecule has 1 aromatic rings. The third-order valence-electron chi connectivity index (χ3n) is 2.45. The Morgan fingerprint density at radius 2 is 2.06 bits per heavy atom. The lowest BCUT2D eigenvalue weighted by Crippen LogP contribution is -2.45. The monoisotopic (exact) mass is 239 g/mol. The first kappa shape index (κ1) is 13.3. The van der Waals surface area contributed by atoms with E-state index < -0.39 is 6.04 Å². The molecule has 6 heteroatoms. The largest absolute Gasteiger partial charge is 0.504 e. The number of carbonyl (C=O) groups is 1. The van der Waals surface area contributed by atoms with Gasteiger partial charge in [-0.05, 0) is 24.6 Å². The molecule has 94 valence electrons. The van der Waals surface area contributed by atoms with Crippen molar-refractivity contribution < 1.29 is 15.0 Å². The lowest BCUT2D eigenvalue weighted by Gasteiger charge is -2.17. The van der Waals surface area contributed by atoms with Gasteiger partial charge in [0.15, 0.2) is 11.5 Å². The molecule has 0 aliphatic rings. The molecule has 0 radical (unpaired) electrons. The maximum atomic E-state index is 11.5. The number of nitrogens with one attached hydrogen (secondary N) is 1. The highest BCUT2D eigenvalue weighted by Gasteiger charge is 2.15. The molecule has 0 saturated heterocycles. The molecule has 0 fully saturated rings. The van der Waals surface area contributed by atoms with E-state index in [9.17, 15) is 9.90 Å². The van der Waals surface area contributed by atoms with E-state index in [1.165, 1.54) is 12.1 Å². The summed E-state index contributed by atoms with van der Waals surface area (Å²) in [4.78, 5) is 11.5. The van der Waals surface area contributed by atoms with E-state index in [4.69, 9.17) is 16.6 Å². The van der Waals surface area contributed by atoms with Crippen molar-refractivity contribution in [3.05, 3.63) is 23.8 Å². The molecule has 2 unspecified atom stereocenters. The van der Waals surface area contributed by atoms with Crippen LogP contribution in [0.3, 0.4) is 0 Å². The van der Waals surface area contributed by atoms with E-state index in [0.717, 1.165) is 0 Å². The predicted octanol–water partition coefficient (Wildman–Crippen LogP) is -0.439. The van der Waals surface area contributed by atoms with Gasteiger partial charge in [0.2, 0.25) is 5.91 Å². The fourth-order valence-corrected chi connectivity index (χ4v) is 1.32. The molecule has 1 amide bonds. The number of phenols is 2. The van der Waals surface area contributed by atoms with E-state index in [0.29, 0.717) is 5.56 Å². The molecule has 0 aliphatic carbocycles. The molecule has 0 bridgehead atoms. The molecule has 0 saturated carbocycles. The minimum Gasteiger partial charge on any atom is -0.504 e. The van der Waals surface area contributed by atoms with Crippen molar-refractivity contribution >= 4 is 5.91 Å². The van der Waals surface area contributed by atoms with Crippen molar-refractivity contribution in [3.63, 3.8) is 0 Å². The lowest BCUT2D eigenvalue weighted by molar-refractivity contribution is -0.122. The van der Waals surface area contributed by atoms with Gasteiger partial charge in [0.05, 0.1) is 12.1 Å². The second-order valence-corrected chi connectivity index (χ2v) is 3.82. The first-order valence-electron chi connectivity index (χ1n) is 5.23. The summed E-state index contributed by atoms with van der Waals surface area (Å²) in [5.41, 5.74) is 11.4. The zero-order valence-corrected chi connectivity index (χ0v) is 9.55. The molecule has 0 aromatic heterocycles. The van der Waals surface area contributed by atoms with Crippen LogP contribution in [0.4, 0.5) is 0 Å². The molecular formula is C11H17N3O3. The molecule has 7 N–H and O–H groups in total. The van der Waals surface area contributed by atoms with Crippen LogP contribution >= 0.6 is 0 Å². The Hall–Kier alpha value is -1.79. The van der Waals surface area contributed by atoms with Crippen LogP contribution in [-0.4, -0.2) is 28.7 Å². The van der Waals surface area contributed by atoms with E-state index in [1.807, 2.05) is 0 Å². The third-order valence-corrected chi connectivity index (χ3v) is 2.45. The zero-order valence-electron chi connectivity index (χ0n) is 9.55. The number of aromatic hydroxyl groups is 2. The smallest absolute Gasteiger partial charge is 0.238 e. The van der Waals surface area contributed by atoms with Gasteiger partial charge in [0.25, 0.3) is 0 Å². The van der Waals surface area contributed by atoms with E-state index in [1.54, 1.807) is 13.0 Å². The van der Waals surface area contributed by atoms with Crippen LogP contribution in [0, 0.1) is 0 Å². The molecule has 17 heavy (non-hydrogen) atoms. The van der Waals surface area contributed by atoms with E-state index >= 15 is 0 Å². The van der Waals surface area contributed by atoms with Crippen molar-refractivity contribution in [2.24, 2.45) is 11.5 Å². The Morgan fingerprint density at radius 1 is 1.41 bits per heavy atom. The van der Waals surface area contributed by atoms with Gasteiger partial charge in [-0.2, -0.15) is 0 Å². The lowest BCUT2D eigenvalue weighted by atomic mass is 10.1. The number of carbonyl (C=O) groups excluding carboxylic acids is 1. The van der Waals surface area contributed by atoms with Gasteiger partial charge in [-0.1, -0.05) is 6.07 Å². The first-order chi connectivity index (χ1) is 7.95. The zero-order chi connectivity index (χ0) is 13.0. The Morgan fingerprint density at radius 3 is 2.59 bits per heavy atom. The Kier molecular flexibility index (Phi) is 4.30. The summed E-state index contributed by atoms with van der Waals surface area (Å²) < 4.78 is 0. The number of hydrogen-bond acceptors (Lipinski definition) is 5. The van der Waals surface area contributed by atoms with Gasteiger partial charge in [0, 0.05) is 6.54 Å². The van der Waals surface area contributed by atoms with Crippen LogP contribution in [0.25, 0.3) is 0 Å². The van der Waals surface area contributed by atoms with Gasteiger partial charge in [0.1, 0.15) is 0 Å². The van der Waals surface area contributed by atoms with Gasteiger partial charge < -0.3 is 27.0 Å². The fraction of sp³-hybridized carbons (Fsp3) is 0.364. The topological polar surface area (TPSA) is 122 Å². The van der Waals surface area contributed by atoms with Crippen LogP contribution in [-0.2, 0) is 4.79 Å². The number of phenolic OH excluding ortho intramolecular Hbond substituents is 2. The predicted molar refractivity (Wildman–Crippen MR) is 63.4 cm³/mol. The first-order valence-corrected chi connectivity index (χ1v) is 5.23. The van der Waals surface area contributed by atoms with Crippen molar-refractivity contribution in [3.8, 4) is 11.5 Å². The van der Waals surface area contributed by atoms with Gasteiger partial charge in [-0.3, -0.25) is 4.79 Å². The summed E-state index contributed by atoms with van der Waals surface area (Å²) in [5, 5.41) is 21.1. The average molecular weight is 239 g/mol. The van der Waals surface area contributed by atoms with Crippen LogP contribution in [0.1, 0.15) is 18.5 Å². The van der Waals surface area contributed by atoms with Crippen LogP contribution < -0.4 is 16.8 Å². The second-order valence-electron chi connectivity index (χ2n) is 3.82. The highest BCUT2D eigenvalue weighted by atomic mass is 16.3. The molecule has 6 nitrogen and oxygen atoms in total. The molecule has 0 aliphatic heterocycles. The molecular weight excluding hydrogens is 222 g/mol. The summed E-state index contributed by atoms with van der Waals surface area (Å²) in [6.45, 7) is 1.81. The summed E-state index contributed by atoms with van der Waals surface area (Å²) in [7, 11) is 0. The summed E-state index contributed by atoms with van der Waals surface area (Å²) in [5.74, 6) is -0.787. The quantitative estimate of drug-likeness (QED) is 0.456. The van der Waals surface area contributed by atoms with E-state index in [2.05, 4.69) is 5.32 Å². The van der Waals surface area contributed by atoms with Crippen molar-refractivity contribution in [2.45, 2.75) is 19.0 Å². The number of nitrogens with two attached hydrogens (primary N) is 2. The molecule has 1 rings (SSSR count). The van der Waals surface area contributed by atoms with Gasteiger partial charge in [-0.15, -0.1) is 0 Å². The maximum Gasteiger partial charge on any atom is 0.238 e. The highest BCUT2D eigenvalue weighted by molar-refractivity contribution is 5.82. The minimum atomic E-state index is -0.747. The molecule has 0 heterocycles. The highest BCUT2D eigenvalue weighted by Crippen LogP contribution is 2.27. The SMILES string of the molecule is CC(NC(=O)C(N)CN)c1ccc(O)c(O)c1. The van der Waals surface area contributed by atoms with Crippen LogP contribution in [0.5, 0.6) is 11.5 Å². The standard InChI is InChI=1S/C11H17N3O3/c1-6(14-11(17)8(13)5-12)7-2-3-9(15)10(16)4-7/h2-4,6,8,15-16H,5,12-13H2,1H3,(H,14,17). The molecule has 1 aromatic carbocycles. The normalized spacial score (nSPS) is 14.1. The van der Waals surface area contributed by atoms with Crippen molar-refractivity contribution in [1.29, 1.82) is 0 Å². The Balaban J connectivity index is 2.73. The van der Waals surface area contributed by atoms with Crippen LogP contribution in [0.2, 0.25) is 0 Å². The minimum absolute atomic E-state index is 0.0688. The third kappa shape index (κ3) is 3.33. The van der Waals surface area contributed by atoms with Crippen molar-refractivity contribution in [2.75, 3.05) is 6.54 Å². The summed E-state index contributed by atoms with van der Waals surface area (Å²) in [6, 6.07) is 3.27. The summed E-state index contributed by atoms with van der Waals surface area (Å²) in [6.07, 6.45) is 0. The number of benzene rings is 1. The summed E-state index contributed by atoms with van der Waals surface area (Å²) >= 11 is 0. The second kappa shape index (κ2) is 5.51. The fourth-order valence-electron chi connectivity index (χ4n) is 1.32. The maximum absolute atomic E-state index is 11.5. The molecule has 0 spiro atoms. The Bertz CT molecular complexity index is 409. The number of hydrogen-bond donors (Lipinski definition) is 5. The average Bonchev–Trinajstić information content (AvgIpc) is 2.31. The van der Waals surface area contributed by atoms with Crippen LogP contribution in [0.15, 0.2) is 18.2 Å². The number of amides is 1. The van der Waals surface area contributed by atoms with E-state index in [-0.39, 0.29) is 30.0 Å². The van der Waals surface area contributed by atoms with Gasteiger partial charge >= 0.3 is 0 Å². The van der Waals surface area contributed by atoms with Crippen molar-refractivity contribution in [1.82, 2.24) is 5.32 Å². The number of rotatable bonds is 4. The Labute approximate surface area is 99.2 Å². The van der Waals surface area contributed by atoms with Gasteiger partial charge in [-0.25, -0.2) is 0 Å². The molecule has 2 atom stereocenters.